The molecule has 1 aromatic rings. The van der Waals surface area contributed by atoms with Gasteiger partial charge in [-0.05, 0) is 17.7 Å². The van der Waals surface area contributed by atoms with Gasteiger partial charge in [-0.1, -0.05) is 17.7 Å². The van der Waals surface area contributed by atoms with Gasteiger partial charge >= 0.3 is 5.97 Å². The summed E-state index contributed by atoms with van der Waals surface area (Å²) in [5.41, 5.74) is 1.12. The van der Waals surface area contributed by atoms with Crippen LogP contribution in [-0.2, 0) is 9.53 Å². The molecule has 1 fully saturated rings. The molecular formula is C12H14ClNO4. The lowest BCUT2D eigenvalue weighted by Gasteiger charge is -2.29. The number of ether oxygens (including phenoxy) is 1. The third kappa shape index (κ3) is 2.75. The van der Waals surface area contributed by atoms with E-state index in [4.69, 9.17) is 21.4 Å². The second-order valence-corrected chi connectivity index (χ2v) is 4.46. The largest absolute Gasteiger partial charge is 0.479 e. The molecule has 0 spiro atoms. The van der Waals surface area contributed by atoms with E-state index in [0.717, 1.165) is 18.8 Å². The molecular weight excluding hydrogens is 258 g/mol. The number of anilines is 1. The molecule has 0 bridgehead atoms. The molecule has 5 nitrogen and oxygen atoms in total. The maximum absolute atomic E-state index is 10.7. The molecule has 0 aromatic heterocycles. The first kappa shape index (κ1) is 13.1. The number of hydrogen-bond donors (Lipinski definition) is 2. The Morgan fingerprint density at radius 2 is 2.06 bits per heavy atom. The summed E-state index contributed by atoms with van der Waals surface area (Å²) in [6.45, 7) is 2.80. The molecule has 1 aromatic carbocycles. The summed E-state index contributed by atoms with van der Waals surface area (Å²) in [7, 11) is 0. The Hall–Kier alpha value is -1.30. The van der Waals surface area contributed by atoms with E-state index in [2.05, 4.69) is 4.90 Å². The Morgan fingerprint density at radius 1 is 1.39 bits per heavy atom. The Kier molecular flexibility index (Phi) is 4.06. The summed E-state index contributed by atoms with van der Waals surface area (Å²) < 4.78 is 5.25. The summed E-state index contributed by atoms with van der Waals surface area (Å²) in [4.78, 5) is 12.7. The molecule has 1 aliphatic heterocycles. The van der Waals surface area contributed by atoms with E-state index in [1.807, 2.05) is 0 Å². The Balaban J connectivity index is 2.21. The third-order valence-electron chi connectivity index (χ3n) is 2.87. The zero-order valence-corrected chi connectivity index (χ0v) is 10.4. The van der Waals surface area contributed by atoms with Gasteiger partial charge in [0.15, 0.2) is 6.10 Å². The van der Waals surface area contributed by atoms with Gasteiger partial charge < -0.3 is 19.8 Å². The molecule has 1 unspecified atom stereocenters. The van der Waals surface area contributed by atoms with Crippen molar-refractivity contribution in [1.29, 1.82) is 0 Å². The average molecular weight is 272 g/mol. The van der Waals surface area contributed by atoms with Gasteiger partial charge in [0.05, 0.1) is 23.9 Å². The standard InChI is InChI=1S/C12H14ClNO4/c13-9-7-8(11(15)12(16)17)1-2-10(9)14-3-5-18-6-4-14/h1-2,7,11,15H,3-6H2,(H,16,17). The van der Waals surface area contributed by atoms with Crippen molar-refractivity contribution in [3.8, 4) is 0 Å². The lowest BCUT2D eigenvalue weighted by atomic mass is 10.1. The fourth-order valence-corrected chi connectivity index (χ4v) is 2.21. The highest BCUT2D eigenvalue weighted by atomic mass is 35.5. The van der Waals surface area contributed by atoms with Crippen molar-refractivity contribution in [2.45, 2.75) is 6.10 Å². The maximum atomic E-state index is 10.7. The third-order valence-corrected chi connectivity index (χ3v) is 3.18. The van der Waals surface area contributed by atoms with Crippen molar-refractivity contribution in [3.63, 3.8) is 0 Å². The second kappa shape index (κ2) is 5.56. The van der Waals surface area contributed by atoms with E-state index in [1.165, 1.54) is 6.07 Å². The van der Waals surface area contributed by atoms with Crippen LogP contribution in [0.25, 0.3) is 0 Å². The van der Waals surface area contributed by atoms with E-state index in [1.54, 1.807) is 12.1 Å². The van der Waals surface area contributed by atoms with Crippen LogP contribution in [0.2, 0.25) is 5.02 Å². The summed E-state index contributed by atoms with van der Waals surface area (Å²) in [5.74, 6) is -1.29. The molecule has 1 aliphatic rings. The van der Waals surface area contributed by atoms with Crippen LogP contribution in [0.1, 0.15) is 11.7 Å². The van der Waals surface area contributed by atoms with Crippen LogP contribution in [0.5, 0.6) is 0 Å². The van der Waals surface area contributed by atoms with Crippen molar-refractivity contribution < 1.29 is 19.7 Å². The predicted molar refractivity (Wildman–Crippen MR) is 67.1 cm³/mol. The van der Waals surface area contributed by atoms with Gasteiger partial charge in [-0.15, -0.1) is 0 Å². The van der Waals surface area contributed by atoms with Crippen LogP contribution < -0.4 is 4.90 Å². The van der Waals surface area contributed by atoms with Gasteiger partial charge in [0.1, 0.15) is 0 Å². The summed E-state index contributed by atoms with van der Waals surface area (Å²) in [6, 6.07) is 4.80. The zero-order chi connectivity index (χ0) is 13.1. The van der Waals surface area contributed by atoms with Crippen molar-refractivity contribution in [3.05, 3.63) is 28.8 Å². The van der Waals surface area contributed by atoms with Crippen molar-refractivity contribution in [2.75, 3.05) is 31.2 Å². The molecule has 18 heavy (non-hydrogen) atoms. The molecule has 2 N–H and O–H groups in total. The monoisotopic (exact) mass is 271 g/mol. The Labute approximate surface area is 110 Å². The lowest BCUT2D eigenvalue weighted by Crippen LogP contribution is -2.36. The molecule has 98 valence electrons. The van der Waals surface area contributed by atoms with Crippen LogP contribution in [0.15, 0.2) is 18.2 Å². The molecule has 1 heterocycles. The zero-order valence-electron chi connectivity index (χ0n) is 9.67. The number of aliphatic hydroxyl groups is 1. The number of aliphatic hydroxyl groups excluding tert-OH is 1. The van der Waals surface area contributed by atoms with Gasteiger partial charge in [0, 0.05) is 13.1 Å². The Morgan fingerprint density at radius 3 is 2.61 bits per heavy atom. The van der Waals surface area contributed by atoms with Gasteiger partial charge in [0.25, 0.3) is 0 Å². The summed E-state index contributed by atoms with van der Waals surface area (Å²) in [6.07, 6.45) is -1.54. The van der Waals surface area contributed by atoms with Crippen LogP contribution in [0.3, 0.4) is 0 Å². The van der Waals surface area contributed by atoms with Crippen molar-refractivity contribution >= 4 is 23.3 Å². The molecule has 1 atom stereocenters. The first-order valence-electron chi connectivity index (χ1n) is 5.62. The lowest BCUT2D eigenvalue weighted by molar-refractivity contribution is -0.146. The number of rotatable bonds is 3. The number of hydrogen-bond acceptors (Lipinski definition) is 4. The fourth-order valence-electron chi connectivity index (χ4n) is 1.90. The SMILES string of the molecule is O=C(O)C(O)c1ccc(N2CCOCC2)c(Cl)c1. The highest BCUT2D eigenvalue weighted by Gasteiger charge is 2.19. The Bertz CT molecular complexity index is 446. The average Bonchev–Trinajstić information content (AvgIpc) is 2.38. The van der Waals surface area contributed by atoms with E-state index in [-0.39, 0.29) is 5.56 Å². The maximum Gasteiger partial charge on any atom is 0.337 e. The van der Waals surface area contributed by atoms with Gasteiger partial charge in [-0.2, -0.15) is 0 Å². The summed E-state index contributed by atoms with van der Waals surface area (Å²) in [5, 5.41) is 18.6. The van der Waals surface area contributed by atoms with Gasteiger partial charge in [-0.3, -0.25) is 0 Å². The van der Waals surface area contributed by atoms with Crippen molar-refractivity contribution in [2.24, 2.45) is 0 Å². The number of nitrogens with zero attached hydrogens (tertiary/aromatic N) is 1. The van der Waals surface area contributed by atoms with Crippen LogP contribution in [-0.4, -0.2) is 42.5 Å². The number of carboxylic acids is 1. The topological polar surface area (TPSA) is 70.0 Å². The first-order chi connectivity index (χ1) is 8.59. The van der Waals surface area contributed by atoms with E-state index >= 15 is 0 Å². The highest BCUT2D eigenvalue weighted by molar-refractivity contribution is 6.33. The van der Waals surface area contributed by atoms with E-state index in [9.17, 15) is 9.90 Å². The van der Waals surface area contributed by atoms with Crippen molar-refractivity contribution in [1.82, 2.24) is 0 Å². The molecule has 0 radical (unpaired) electrons. The minimum atomic E-state index is -1.54. The molecule has 0 saturated carbocycles. The van der Waals surface area contributed by atoms with Crippen LogP contribution in [0, 0.1) is 0 Å². The predicted octanol–water partition coefficient (Wildman–Crippen LogP) is 1.29. The molecule has 0 amide bonds. The van der Waals surface area contributed by atoms with Gasteiger partial charge in [0.2, 0.25) is 0 Å². The molecule has 2 rings (SSSR count). The number of benzene rings is 1. The van der Waals surface area contributed by atoms with Gasteiger partial charge in [-0.25, -0.2) is 4.79 Å². The summed E-state index contributed by atoms with van der Waals surface area (Å²) >= 11 is 6.12. The van der Waals surface area contributed by atoms with Crippen LogP contribution in [0.4, 0.5) is 5.69 Å². The fraction of sp³-hybridized carbons (Fsp3) is 0.417. The first-order valence-corrected chi connectivity index (χ1v) is 6.00. The minimum Gasteiger partial charge on any atom is -0.479 e. The number of carboxylic acid groups (broad SMARTS) is 1. The van der Waals surface area contributed by atoms with E-state index < -0.39 is 12.1 Å². The minimum absolute atomic E-state index is 0.282. The quantitative estimate of drug-likeness (QED) is 0.867. The van der Waals surface area contributed by atoms with Crippen LogP contribution >= 0.6 is 11.6 Å². The van der Waals surface area contributed by atoms with E-state index in [0.29, 0.717) is 18.2 Å². The number of carbonyl (C=O) groups is 1. The molecule has 6 heteroatoms. The highest BCUT2D eigenvalue weighted by Crippen LogP contribution is 2.29. The normalized spacial score (nSPS) is 17.6. The number of aliphatic carboxylic acids is 1. The molecule has 1 saturated heterocycles. The molecule has 0 aliphatic carbocycles. The number of morpholine rings is 1. The number of halogens is 1. The smallest absolute Gasteiger partial charge is 0.337 e. The second-order valence-electron chi connectivity index (χ2n) is 4.05.